The maximum atomic E-state index is 3.30. The number of hydrogen-bond acceptors (Lipinski definition) is 0. The molecule has 0 nitrogen and oxygen atoms in total. The second kappa shape index (κ2) is 10.00. The lowest BCUT2D eigenvalue weighted by Gasteiger charge is -2.44. The van der Waals surface area contributed by atoms with E-state index in [1.807, 2.05) is 0 Å². The standard InChI is InChI=1S/C32H32P2/c33-31(25-15-5-1-6-16-25,26-17-7-2-8-18-26)29-23-13-14-24-30(29)32(34,27-19-9-3-10-20-27)28-21-11-4-12-22-28/h1-12,15-22H,13-14,23-24,33-34H2. The molecule has 2 atom stereocenters. The van der Waals surface area contributed by atoms with Gasteiger partial charge in [0.25, 0.3) is 0 Å². The summed E-state index contributed by atoms with van der Waals surface area (Å²) >= 11 is 0. The Labute approximate surface area is 208 Å². The van der Waals surface area contributed by atoms with Crippen molar-refractivity contribution in [3.8, 4) is 0 Å². The van der Waals surface area contributed by atoms with Gasteiger partial charge in [-0.15, -0.1) is 18.5 Å². The van der Waals surface area contributed by atoms with Crippen LogP contribution in [0.3, 0.4) is 0 Å². The van der Waals surface area contributed by atoms with E-state index in [4.69, 9.17) is 0 Å². The fraction of sp³-hybridized carbons (Fsp3) is 0.188. The van der Waals surface area contributed by atoms with E-state index < -0.39 is 0 Å². The molecule has 34 heavy (non-hydrogen) atoms. The quantitative estimate of drug-likeness (QED) is 0.193. The summed E-state index contributed by atoms with van der Waals surface area (Å²) in [6, 6.07) is 44.1. The first kappa shape index (κ1) is 23.2. The van der Waals surface area contributed by atoms with Gasteiger partial charge in [0.15, 0.2) is 0 Å². The van der Waals surface area contributed by atoms with Gasteiger partial charge >= 0.3 is 0 Å². The van der Waals surface area contributed by atoms with Gasteiger partial charge in [-0.25, -0.2) is 0 Å². The average Bonchev–Trinajstić information content (AvgIpc) is 2.94. The molecule has 0 aromatic heterocycles. The Balaban J connectivity index is 1.84. The molecular weight excluding hydrogens is 446 g/mol. The molecule has 170 valence electrons. The van der Waals surface area contributed by atoms with Crippen molar-refractivity contribution >= 4 is 18.5 Å². The van der Waals surface area contributed by atoms with Crippen molar-refractivity contribution in [3.63, 3.8) is 0 Å². The normalized spacial score (nSPS) is 14.8. The lowest BCUT2D eigenvalue weighted by molar-refractivity contribution is 0.588. The molecule has 4 aromatic carbocycles. The highest BCUT2D eigenvalue weighted by molar-refractivity contribution is 7.20. The first-order chi connectivity index (χ1) is 16.6. The summed E-state index contributed by atoms with van der Waals surface area (Å²) in [5, 5.41) is -0.548. The minimum Gasteiger partial charge on any atom is -0.117 e. The Morgan fingerprint density at radius 1 is 0.382 bits per heavy atom. The lowest BCUT2D eigenvalue weighted by atomic mass is 9.70. The largest absolute Gasteiger partial charge is 0.117 e. The number of rotatable bonds is 6. The van der Waals surface area contributed by atoms with Gasteiger partial charge in [0.05, 0.1) is 10.3 Å². The molecule has 0 heterocycles. The lowest BCUT2D eigenvalue weighted by Crippen LogP contribution is -2.32. The molecule has 0 aliphatic heterocycles. The van der Waals surface area contributed by atoms with Crippen LogP contribution in [0, 0.1) is 0 Å². The first-order valence-electron chi connectivity index (χ1n) is 12.2. The van der Waals surface area contributed by atoms with E-state index in [0.29, 0.717) is 0 Å². The maximum Gasteiger partial charge on any atom is 0.0554 e. The molecular formula is C32H32P2. The first-order valence-corrected chi connectivity index (χ1v) is 13.3. The van der Waals surface area contributed by atoms with Crippen molar-refractivity contribution in [2.75, 3.05) is 0 Å². The van der Waals surface area contributed by atoms with Crippen LogP contribution in [0.2, 0.25) is 0 Å². The summed E-state index contributed by atoms with van der Waals surface area (Å²) in [5.74, 6) is 0. The van der Waals surface area contributed by atoms with Gasteiger partial charge < -0.3 is 0 Å². The smallest absolute Gasteiger partial charge is 0.0554 e. The highest BCUT2D eigenvalue weighted by Gasteiger charge is 2.42. The molecule has 0 fully saturated rings. The van der Waals surface area contributed by atoms with Crippen LogP contribution in [-0.2, 0) is 10.3 Å². The molecule has 0 spiro atoms. The van der Waals surface area contributed by atoms with Gasteiger partial charge in [0.1, 0.15) is 0 Å². The third kappa shape index (κ3) is 4.09. The van der Waals surface area contributed by atoms with Crippen molar-refractivity contribution < 1.29 is 0 Å². The van der Waals surface area contributed by atoms with Gasteiger partial charge in [-0.1, -0.05) is 132 Å². The molecule has 5 rings (SSSR count). The third-order valence-electron chi connectivity index (χ3n) is 7.34. The van der Waals surface area contributed by atoms with Gasteiger partial charge in [-0.05, 0) is 47.9 Å². The minimum atomic E-state index is -0.274. The maximum absolute atomic E-state index is 3.30. The van der Waals surface area contributed by atoms with Crippen LogP contribution in [0.4, 0.5) is 0 Å². The van der Waals surface area contributed by atoms with Crippen LogP contribution in [0.15, 0.2) is 132 Å². The second-order valence-corrected chi connectivity index (χ2v) is 11.0. The zero-order valence-corrected chi connectivity index (χ0v) is 21.8. The van der Waals surface area contributed by atoms with Crippen molar-refractivity contribution in [2.24, 2.45) is 0 Å². The van der Waals surface area contributed by atoms with E-state index in [9.17, 15) is 0 Å². The molecule has 0 bridgehead atoms. The molecule has 1 aliphatic carbocycles. The zero-order chi connectivity index (χ0) is 23.4. The fourth-order valence-corrected chi connectivity index (χ4v) is 7.02. The summed E-state index contributed by atoms with van der Waals surface area (Å²) < 4.78 is 0. The molecule has 2 unspecified atom stereocenters. The van der Waals surface area contributed by atoms with Crippen LogP contribution >= 0.6 is 18.5 Å². The van der Waals surface area contributed by atoms with Crippen LogP contribution in [0.1, 0.15) is 47.9 Å². The van der Waals surface area contributed by atoms with Crippen LogP contribution in [0.5, 0.6) is 0 Å². The van der Waals surface area contributed by atoms with Crippen molar-refractivity contribution in [3.05, 3.63) is 155 Å². The number of allylic oxidation sites excluding steroid dienone is 2. The highest BCUT2D eigenvalue weighted by Crippen LogP contribution is 2.57. The van der Waals surface area contributed by atoms with Crippen LogP contribution < -0.4 is 0 Å². The fourth-order valence-electron chi connectivity index (χ4n) is 5.61. The van der Waals surface area contributed by atoms with E-state index >= 15 is 0 Å². The summed E-state index contributed by atoms with van der Waals surface area (Å²) in [6.07, 6.45) is 4.63. The van der Waals surface area contributed by atoms with Crippen LogP contribution in [-0.4, -0.2) is 0 Å². The Kier molecular flexibility index (Phi) is 6.83. The van der Waals surface area contributed by atoms with Gasteiger partial charge in [-0.2, -0.15) is 0 Å². The van der Waals surface area contributed by atoms with Crippen LogP contribution in [0.25, 0.3) is 0 Å². The molecule has 0 amide bonds. The highest BCUT2D eigenvalue weighted by atomic mass is 31.0. The molecule has 0 saturated carbocycles. The average molecular weight is 479 g/mol. The van der Waals surface area contributed by atoms with Gasteiger partial charge in [0, 0.05) is 0 Å². The number of benzene rings is 4. The van der Waals surface area contributed by atoms with Crippen molar-refractivity contribution in [1.29, 1.82) is 0 Å². The third-order valence-corrected chi connectivity index (χ3v) is 9.37. The van der Waals surface area contributed by atoms with E-state index in [2.05, 4.69) is 140 Å². The van der Waals surface area contributed by atoms with Gasteiger partial charge in [-0.3, -0.25) is 0 Å². The van der Waals surface area contributed by atoms with E-state index in [0.717, 1.165) is 12.8 Å². The molecule has 1 aliphatic rings. The monoisotopic (exact) mass is 478 g/mol. The molecule has 0 saturated heterocycles. The molecule has 0 radical (unpaired) electrons. The second-order valence-electron chi connectivity index (χ2n) is 9.24. The van der Waals surface area contributed by atoms with Crippen molar-refractivity contribution in [2.45, 2.75) is 36.0 Å². The SMILES string of the molecule is PC(C1=C(C(P)(c2ccccc2)c2ccccc2)CCCC1)(c1ccccc1)c1ccccc1. The molecule has 4 aromatic rings. The Bertz CT molecular complexity index is 1070. The van der Waals surface area contributed by atoms with E-state index in [1.54, 1.807) is 0 Å². The predicted molar refractivity (Wildman–Crippen MR) is 152 cm³/mol. The Hall–Kier alpha value is -2.52. The Morgan fingerprint density at radius 2 is 0.618 bits per heavy atom. The van der Waals surface area contributed by atoms with Gasteiger partial charge in [0.2, 0.25) is 0 Å². The number of hydrogen-bond donors (Lipinski definition) is 0. The van der Waals surface area contributed by atoms with E-state index in [1.165, 1.54) is 46.2 Å². The predicted octanol–water partition coefficient (Wildman–Crippen LogP) is 8.49. The summed E-state index contributed by atoms with van der Waals surface area (Å²) in [6.45, 7) is 0. The zero-order valence-electron chi connectivity index (χ0n) is 19.5. The summed E-state index contributed by atoms with van der Waals surface area (Å²) in [5.41, 5.74) is 8.37. The summed E-state index contributed by atoms with van der Waals surface area (Å²) in [7, 11) is 6.60. The summed E-state index contributed by atoms with van der Waals surface area (Å²) in [4.78, 5) is 0. The molecule has 2 heteroatoms. The van der Waals surface area contributed by atoms with E-state index in [-0.39, 0.29) is 10.3 Å². The molecule has 0 N–H and O–H groups in total. The topological polar surface area (TPSA) is 0 Å². The van der Waals surface area contributed by atoms with Crippen molar-refractivity contribution in [1.82, 2.24) is 0 Å². The Morgan fingerprint density at radius 3 is 0.853 bits per heavy atom. The minimum absolute atomic E-state index is 0.274.